The molecule has 106 valence electrons. The van der Waals surface area contributed by atoms with Crippen LogP contribution in [0.4, 0.5) is 0 Å². The second-order valence-electron chi connectivity index (χ2n) is 4.62. The fourth-order valence-electron chi connectivity index (χ4n) is 1.92. The fourth-order valence-corrected chi connectivity index (χ4v) is 2.11. The SMILES string of the molecule is CCNCc1cc(C)nc(OCc2ccccc2Cl)c1. The lowest BCUT2D eigenvalue weighted by molar-refractivity contribution is 0.293. The Morgan fingerprint density at radius 2 is 2.05 bits per heavy atom. The van der Waals surface area contributed by atoms with Gasteiger partial charge in [0.1, 0.15) is 6.61 Å². The lowest BCUT2D eigenvalue weighted by Gasteiger charge is -2.10. The van der Waals surface area contributed by atoms with E-state index in [0.717, 1.165) is 24.3 Å². The monoisotopic (exact) mass is 290 g/mol. The van der Waals surface area contributed by atoms with E-state index in [1.54, 1.807) is 0 Å². The molecule has 4 heteroatoms. The average Bonchev–Trinajstić information content (AvgIpc) is 2.44. The molecule has 0 bridgehead atoms. The Hall–Kier alpha value is -1.58. The van der Waals surface area contributed by atoms with Crippen molar-refractivity contribution >= 4 is 11.6 Å². The van der Waals surface area contributed by atoms with Crippen molar-refractivity contribution in [2.75, 3.05) is 6.54 Å². The van der Waals surface area contributed by atoms with Gasteiger partial charge >= 0.3 is 0 Å². The first-order chi connectivity index (χ1) is 9.69. The normalized spacial score (nSPS) is 10.6. The predicted molar refractivity (Wildman–Crippen MR) is 82.1 cm³/mol. The Labute approximate surface area is 124 Å². The van der Waals surface area contributed by atoms with E-state index in [1.807, 2.05) is 37.3 Å². The van der Waals surface area contributed by atoms with Crippen LogP contribution in [-0.2, 0) is 13.2 Å². The van der Waals surface area contributed by atoms with Crippen LogP contribution >= 0.6 is 11.6 Å². The van der Waals surface area contributed by atoms with Gasteiger partial charge in [-0.2, -0.15) is 0 Å². The third-order valence-electron chi connectivity index (χ3n) is 2.90. The number of ether oxygens (including phenoxy) is 1. The number of nitrogens with zero attached hydrogens (tertiary/aromatic N) is 1. The highest BCUT2D eigenvalue weighted by atomic mass is 35.5. The molecule has 0 aliphatic rings. The molecule has 0 spiro atoms. The molecule has 1 N–H and O–H groups in total. The number of halogens is 1. The number of pyridine rings is 1. The van der Waals surface area contributed by atoms with Gasteiger partial charge in [0, 0.05) is 28.9 Å². The van der Waals surface area contributed by atoms with Gasteiger partial charge in [-0.1, -0.05) is 36.7 Å². The molecular weight excluding hydrogens is 272 g/mol. The minimum Gasteiger partial charge on any atom is -0.473 e. The molecule has 0 aliphatic carbocycles. The van der Waals surface area contributed by atoms with E-state index >= 15 is 0 Å². The number of benzene rings is 1. The molecule has 0 amide bonds. The van der Waals surface area contributed by atoms with E-state index in [-0.39, 0.29) is 0 Å². The van der Waals surface area contributed by atoms with Gasteiger partial charge in [-0.25, -0.2) is 4.98 Å². The van der Waals surface area contributed by atoms with Crippen molar-refractivity contribution < 1.29 is 4.74 Å². The molecule has 0 saturated heterocycles. The van der Waals surface area contributed by atoms with E-state index in [9.17, 15) is 0 Å². The van der Waals surface area contributed by atoms with Crippen LogP contribution in [0.1, 0.15) is 23.7 Å². The number of aromatic nitrogens is 1. The third-order valence-corrected chi connectivity index (χ3v) is 3.27. The Balaban J connectivity index is 2.05. The maximum absolute atomic E-state index is 6.11. The Morgan fingerprint density at radius 3 is 2.80 bits per heavy atom. The summed E-state index contributed by atoms with van der Waals surface area (Å²) >= 11 is 6.11. The van der Waals surface area contributed by atoms with Crippen LogP contribution in [0.5, 0.6) is 5.88 Å². The highest BCUT2D eigenvalue weighted by molar-refractivity contribution is 6.31. The fraction of sp³-hybridized carbons (Fsp3) is 0.312. The number of aryl methyl sites for hydroxylation is 1. The van der Waals surface area contributed by atoms with Crippen LogP contribution in [0.25, 0.3) is 0 Å². The standard InChI is InChI=1S/C16H19ClN2O/c1-3-18-10-13-8-12(2)19-16(9-13)20-11-14-6-4-5-7-15(14)17/h4-9,18H,3,10-11H2,1-2H3. The summed E-state index contributed by atoms with van der Waals surface area (Å²) in [5.41, 5.74) is 3.09. The Bertz CT molecular complexity index is 572. The maximum atomic E-state index is 6.11. The number of rotatable bonds is 6. The highest BCUT2D eigenvalue weighted by Gasteiger charge is 2.04. The van der Waals surface area contributed by atoms with E-state index < -0.39 is 0 Å². The molecule has 0 unspecified atom stereocenters. The van der Waals surface area contributed by atoms with Crippen LogP contribution in [0, 0.1) is 6.92 Å². The summed E-state index contributed by atoms with van der Waals surface area (Å²) in [6.07, 6.45) is 0. The lowest BCUT2D eigenvalue weighted by Crippen LogP contribution is -2.12. The molecule has 3 nitrogen and oxygen atoms in total. The van der Waals surface area contributed by atoms with Crippen LogP contribution < -0.4 is 10.1 Å². The second-order valence-corrected chi connectivity index (χ2v) is 5.02. The summed E-state index contributed by atoms with van der Waals surface area (Å²) in [5.74, 6) is 0.637. The van der Waals surface area contributed by atoms with E-state index in [0.29, 0.717) is 17.5 Å². The predicted octanol–water partition coefficient (Wildman–Crippen LogP) is 3.73. The molecule has 0 radical (unpaired) electrons. The molecule has 0 fully saturated rings. The number of hydrogen-bond acceptors (Lipinski definition) is 3. The first-order valence-electron chi connectivity index (χ1n) is 6.73. The van der Waals surface area contributed by atoms with E-state index in [1.165, 1.54) is 5.56 Å². The van der Waals surface area contributed by atoms with Gasteiger partial charge in [0.05, 0.1) is 0 Å². The van der Waals surface area contributed by atoms with Gasteiger partial charge in [-0.05, 0) is 31.2 Å². The first kappa shape index (κ1) is 14.8. The van der Waals surface area contributed by atoms with Crippen molar-refractivity contribution in [2.45, 2.75) is 27.0 Å². The maximum Gasteiger partial charge on any atom is 0.214 e. The second kappa shape index (κ2) is 7.27. The summed E-state index contributed by atoms with van der Waals surface area (Å²) in [4.78, 5) is 4.39. The summed E-state index contributed by atoms with van der Waals surface area (Å²) in [6.45, 7) is 6.25. The molecule has 20 heavy (non-hydrogen) atoms. The third kappa shape index (κ3) is 4.22. The molecule has 0 aliphatic heterocycles. The largest absolute Gasteiger partial charge is 0.473 e. The quantitative estimate of drug-likeness (QED) is 0.880. The molecular formula is C16H19ClN2O. The lowest BCUT2D eigenvalue weighted by atomic mass is 10.2. The molecule has 0 atom stereocenters. The van der Waals surface area contributed by atoms with Gasteiger partial charge in [-0.3, -0.25) is 0 Å². The van der Waals surface area contributed by atoms with Gasteiger partial charge < -0.3 is 10.1 Å². The molecule has 1 aromatic heterocycles. The van der Waals surface area contributed by atoms with Crippen molar-refractivity contribution in [3.63, 3.8) is 0 Å². The molecule has 1 heterocycles. The number of nitrogens with one attached hydrogen (secondary N) is 1. The first-order valence-corrected chi connectivity index (χ1v) is 7.11. The van der Waals surface area contributed by atoms with Crippen LogP contribution in [0.3, 0.4) is 0 Å². The molecule has 0 saturated carbocycles. The zero-order chi connectivity index (χ0) is 14.4. The van der Waals surface area contributed by atoms with Gasteiger partial charge in [0.25, 0.3) is 0 Å². The molecule has 1 aromatic carbocycles. The Morgan fingerprint density at radius 1 is 1.25 bits per heavy atom. The van der Waals surface area contributed by atoms with Crippen molar-refractivity contribution in [3.05, 3.63) is 58.2 Å². The van der Waals surface area contributed by atoms with Crippen LogP contribution in [0.15, 0.2) is 36.4 Å². The minimum absolute atomic E-state index is 0.427. The van der Waals surface area contributed by atoms with Crippen molar-refractivity contribution in [1.29, 1.82) is 0 Å². The molecule has 2 rings (SSSR count). The molecule has 2 aromatic rings. The Kier molecular flexibility index (Phi) is 5.39. The zero-order valence-electron chi connectivity index (χ0n) is 11.8. The smallest absolute Gasteiger partial charge is 0.214 e. The van der Waals surface area contributed by atoms with E-state index in [2.05, 4.69) is 23.3 Å². The van der Waals surface area contributed by atoms with E-state index in [4.69, 9.17) is 16.3 Å². The summed E-state index contributed by atoms with van der Waals surface area (Å²) in [7, 11) is 0. The average molecular weight is 291 g/mol. The van der Waals surface area contributed by atoms with Gasteiger partial charge in [-0.15, -0.1) is 0 Å². The van der Waals surface area contributed by atoms with Crippen LogP contribution in [-0.4, -0.2) is 11.5 Å². The summed E-state index contributed by atoms with van der Waals surface area (Å²) in [5, 5.41) is 4.01. The van der Waals surface area contributed by atoms with Gasteiger partial charge in [0.2, 0.25) is 5.88 Å². The van der Waals surface area contributed by atoms with Crippen molar-refractivity contribution in [1.82, 2.24) is 10.3 Å². The highest BCUT2D eigenvalue weighted by Crippen LogP contribution is 2.18. The topological polar surface area (TPSA) is 34.2 Å². The number of hydrogen-bond donors (Lipinski definition) is 1. The zero-order valence-corrected chi connectivity index (χ0v) is 12.6. The summed E-state index contributed by atoms with van der Waals surface area (Å²) in [6, 6.07) is 11.7. The van der Waals surface area contributed by atoms with Crippen molar-refractivity contribution in [3.8, 4) is 5.88 Å². The van der Waals surface area contributed by atoms with Crippen LogP contribution in [0.2, 0.25) is 5.02 Å². The van der Waals surface area contributed by atoms with Crippen molar-refractivity contribution in [2.24, 2.45) is 0 Å². The van der Waals surface area contributed by atoms with Gasteiger partial charge in [0.15, 0.2) is 0 Å². The minimum atomic E-state index is 0.427. The summed E-state index contributed by atoms with van der Waals surface area (Å²) < 4.78 is 5.75.